The third kappa shape index (κ3) is 31.9. The van der Waals surface area contributed by atoms with Crippen LogP contribution in [0.2, 0.25) is 0 Å². The third-order valence-corrected chi connectivity index (χ3v) is 0.996. The smallest absolute Gasteiger partial charge is 0.137 e. The van der Waals surface area contributed by atoms with Gasteiger partial charge in [-0.1, -0.05) is 0 Å². The molecule has 0 bridgehead atoms. The Hall–Kier alpha value is -0.736. The van der Waals surface area contributed by atoms with Crippen molar-refractivity contribution in [1.82, 2.24) is 0 Å². The Morgan fingerprint density at radius 3 is 0.733 bits per heavy atom. The average molecular weight is 251 g/mol. The Labute approximate surface area is 102 Å². The minimum atomic E-state index is -0.0625. The third-order valence-electron chi connectivity index (χ3n) is 0.996. The molecule has 0 unspecified atom stereocenters. The molecule has 0 aliphatic heterocycles. The second-order valence-corrected chi connectivity index (χ2v) is 3.16. The van der Waals surface area contributed by atoms with Gasteiger partial charge in [0.1, 0.15) is 23.1 Å². The van der Waals surface area contributed by atoms with Crippen molar-refractivity contribution < 1.29 is 37.7 Å². The molecule has 0 aromatic heterocycles. The first-order valence-electron chi connectivity index (χ1n) is 4.23. The molecule has 0 aliphatic rings. The maximum Gasteiger partial charge on any atom is 0.137 e. The van der Waals surface area contributed by atoms with Crippen molar-refractivity contribution in [2.45, 2.75) is 40.5 Å². The van der Waals surface area contributed by atoms with Gasteiger partial charge in [-0.15, -0.1) is 0 Å². The average Bonchev–Trinajstić information content (AvgIpc) is 1.79. The number of hydrogen-bond donors (Lipinski definition) is 0. The van der Waals surface area contributed by atoms with Crippen LogP contribution in [0, 0.1) is 0 Å². The first-order valence-corrected chi connectivity index (χ1v) is 4.23. The van der Waals surface area contributed by atoms with E-state index in [0.29, 0.717) is 0 Å². The standard InChI is InChI=1S/2C5H8O2.V/c2*1-4(6)3-5(2)7;/h2*3H2,1-2H3;. The van der Waals surface area contributed by atoms with Gasteiger partial charge in [0.15, 0.2) is 0 Å². The zero-order chi connectivity index (χ0) is 11.7. The van der Waals surface area contributed by atoms with Crippen LogP contribution in [-0.2, 0) is 37.7 Å². The van der Waals surface area contributed by atoms with Crippen LogP contribution in [0.3, 0.4) is 0 Å². The largest absolute Gasteiger partial charge is 0.300 e. The van der Waals surface area contributed by atoms with Crippen LogP contribution in [-0.4, -0.2) is 23.1 Å². The Kier molecular flexibility index (Phi) is 15.0. The normalized spacial score (nSPS) is 7.73. The van der Waals surface area contributed by atoms with Crippen LogP contribution < -0.4 is 0 Å². The predicted molar refractivity (Wildman–Crippen MR) is 52.0 cm³/mol. The number of carbonyl (C=O) groups excluding carboxylic acids is 4. The van der Waals surface area contributed by atoms with Crippen molar-refractivity contribution in [3.05, 3.63) is 0 Å². The molecule has 0 saturated heterocycles. The van der Waals surface area contributed by atoms with E-state index in [4.69, 9.17) is 0 Å². The molecular weight excluding hydrogens is 235 g/mol. The molecule has 0 saturated carbocycles. The summed E-state index contributed by atoms with van der Waals surface area (Å²) in [4.78, 5) is 40.1. The molecular formula is C10H16O4V. The second kappa shape index (κ2) is 11.3. The minimum Gasteiger partial charge on any atom is -0.300 e. The van der Waals surface area contributed by atoms with Gasteiger partial charge in [0.2, 0.25) is 0 Å². The van der Waals surface area contributed by atoms with Crippen molar-refractivity contribution in [1.29, 1.82) is 0 Å². The molecule has 0 spiro atoms. The molecule has 0 aromatic rings. The van der Waals surface area contributed by atoms with Gasteiger partial charge in [-0.3, -0.25) is 19.2 Å². The van der Waals surface area contributed by atoms with E-state index >= 15 is 0 Å². The molecule has 0 heterocycles. The van der Waals surface area contributed by atoms with E-state index in [2.05, 4.69) is 0 Å². The number of rotatable bonds is 4. The molecule has 0 fully saturated rings. The maximum atomic E-state index is 10.0. The summed E-state index contributed by atoms with van der Waals surface area (Å²) in [6, 6.07) is 0. The molecule has 0 N–H and O–H groups in total. The Morgan fingerprint density at radius 2 is 0.733 bits per heavy atom. The SMILES string of the molecule is CC(=O)CC(C)=O.CC(=O)CC(C)=O.[V]. The van der Waals surface area contributed by atoms with Crippen molar-refractivity contribution in [3.8, 4) is 0 Å². The van der Waals surface area contributed by atoms with Gasteiger partial charge < -0.3 is 0 Å². The first kappa shape index (κ1) is 19.8. The van der Waals surface area contributed by atoms with E-state index in [0.717, 1.165) is 0 Å². The second-order valence-electron chi connectivity index (χ2n) is 3.16. The maximum absolute atomic E-state index is 10.0. The van der Waals surface area contributed by atoms with Gasteiger partial charge in [-0.25, -0.2) is 0 Å². The van der Waals surface area contributed by atoms with Gasteiger partial charge in [-0.05, 0) is 27.7 Å². The Balaban J connectivity index is -0.000000180. The van der Waals surface area contributed by atoms with E-state index < -0.39 is 0 Å². The van der Waals surface area contributed by atoms with Crippen LogP contribution in [0.25, 0.3) is 0 Å². The predicted octanol–water partition coefficient (Wildman–Crippen LogP) is 1.11. The van der Waals surface area contributed by atoms with E-state index in [1.807, 2.05) is 0 Å². The topological polar surface area (TPSA) is 68.3 Å². The summed E-state index contributed by atoms with van der Waals surface area (Å²) in [6.45, 7) is 5.62. The first-order chi connectivity index (χ1) is 6.25. The van der Waals surface area contributed by atoms with Crippen LogP contribution in [0.15, 0.2) is 0 Å². The van der Waals surface area contributed by atoms with E-state index in [9.17, 15) is 19.2 Å². The number of ketones is 4. The molecule has 4 nitrogen and oxygen atoms in total. The number of hydrogen-bond acceptors (Lipinski definition) is 4. The minimum absolute atomic E-state index is 0. The summed E-state index contributed by atoms with van der Waals surface area (Å²) in [6.07, 6.45) is 0.167. The molecule has 85 valence electrons. The Morgan fingerprint density at radius 1 is 0.600 bits per heavy atom. The van der Waals surface area contributed by atoms with Crippen molar-refractivity contribution in [2.24, 2.45) is 0 Å². The zero-order valence-electron chi connectivity index (χ0n) is 9.49. The van der Waals surface area contributed by atoms with E-state index in [1.165, 1.54) is 27.7 Å². The summed E-state index contributed by atoms with van der Waals surface area (Å²) in [5, 5.41) is 0. The summed E-state index contributed by atoms with van der Waals surface area (Å²) in [7, 11) is 0. The fourth-order valence-electron chi connectivity index (χ4n) is 0.701. The van der Waals surface area contributed by atoms with Crippen LogP contribution in [0.5, 0.6) is 0 Å². The van der Waals surface area contributed by atoms with Crippen molar-refractivity contribution in [2.75, 3.05) is 0 Å². The van der Waals surface area contributed by atoms with E-state index in [1.54, 1.807) is 0 Å². The van der Waals surface area contributed by atoms with Crippen LogP contribution in [0.1, 0.15) is 40.5 Å². The summed E-state index contributed by atoms with van der Waals surface area (Å²) >= 11 is 0. The molecule has 15 heavy (non-hydrogen) atoms. The van der Waals surface area contributed by atoms with Gasteiger partial charge >= 0.3 is 0 Å². The quantitative estimate of drug-likeness (QED) is 0.702. The zero-order valence-corrected chi connectivity index (χ0v) is 10.9. The molecule has 5 heteroatoms. The van der Waals surface area contributed by atoms with Gasteiger partial charge in [0, 0.05) is 18.6 Å². The molecule has 1 radical (unpaired) electrons. The van der Waals surface area contributed by atoms with Gasteiger partial charge in [0.05, 0.1) is 12.8 Å². The van der Waals surface area contributed by atoms with Crippen LogP contribution in [0.4, 0.5) is 0 Å². The van der Waals surface area contributed by atoms with Crippen molar-refractivity contribution >= 4 is 23.1 Å². The van der Waals surface area contributed by atoms with Crippen LogP contribution >= 0.6 is 0 Å². The summed E-state index contributed by atoms with van der Waals surface area (Å²) < 4.78 is 0. The Bertz CT molecular complexity index is 196. The fraction of sp³-hybridized carbons (Fsp3) is 0.600. The van der Waals surface area contributed by atoms with E-state index in [-0.39, 0.29) is 54.5 Å². The molecule has 0 aliphatic carbocycles. The van der Waals surface area contributed by atoms with Gasteiger partial charge in [-0.2, -0.15) is 0 Å². The molecule has 0 rings (SSSR count). The van der Waals surface area contributed by atoms with Gasteiger partial charge in [0.25, 0.3) is 0 Å². The summed E-state index contributed by atoms with van der Waals surface area (Å²) in [5.41, 5.74) is 0. The number of Topliss-reactive ketones (excluding diaryl/α,β-unsaturated/α-hetero) is 4. The number of carbonyl (C=O) groups is 4. The summed E-state index contributed by atoms with van der Waals surface area (Å²) in [5.74, 6) is -0.250. The fourth-order valence-corrected chi connectivity index (χ4v) is 0.701. The monoisotopic (exact) mass is 251 g/mol. The molecule has 0 amide bonds. The van der Waals surface area contributed by atoms with Crippen molar-refractivity contribution in [3.63, 3.8) is 0 Å². The molecule has 0 atom stereocenters. The molecule has 0 aromatic carbocycles.